The smallest absolute Gasteiger partial charge is 0.317 e. The van der Waals surface area contributed by atoms with Gasteiger partial charge in [0.25, 0.3) is 0 Å². The molecule has 0 aromatic carbocycles. The van der Waals surface area contributed by atoms with Gasteiger partial charge >= 0.3 is 5.97 Å². The summed E-state index contributed by atoms with van der Waals surface area (Å²) in [4.78, 5) is 32.4. The van der Waals surface area contributed by atoms with Gasteiger partial charge < -0.3 is 14.9 Å². The molecule has 2 aliphatic rings. The third-order valence-electron chi connectivity index (χ3n) is 5.78. The van der Waals surface area contributed by atoms with Crippen molar-refractivity contribution in [3.8, 4) is 0 Å². The second kappa shape index (κ2) is 9.50. The van der Waals surface area contributed by atoms with E-state index >= 15 is 0 Å². The standard InChI is InChI=1S/C18H34N4O3/c1-4-20-10-12-22(13-11-20)18(25)15(2)21-8-5-6-16(7-9-21)19(3)14-17(23)24/h15-16H,4-14H2,1-3H3,(H,23,24). The number of carboxylic acid groups (broad SMARTS) is 1. The molecule has 2 heterocycles. The van der Waals surface area contributed by atoms with Crippen LogP contribution in [0.25, 0.3) is 0 Å². The van der Waals surface area contributed by atoms with Gasteiger partial charge in [-0.25, -0.2) is 0 Å². The van der Waals surface area contributed by atoms with Gasteiger partial charge in [0.1, 0.15) is 0 Å². The highest BCUT2D eigenvalue weighted by molar-refractivity contribution is 5.81. The molecule has 144 valence electrons. The van der Waals surface area contributed by atoms with Crippen LogP contribution in [0.5, 0.6) is 0 Å². The van der Waals surface area contributed by atoms with E-state index < -0.39 is 5.97 Å². The number of carbonyl (C=O) groups excluding carboxylic acids is 1. The molecule has 2 saturated heterocycles. The maximum Gasteiger partial charge on any atom is 0.317 e. The SMILES string of the molecule is CCN1CCN(C(=O)C(C)N2CCCC(N(C)CC(=O)O)CC2)CC1. The van der Waals surface area contributed by atoms with E-state index in [2.05, 4.69) is 16.7 Å². The molecule has 1 N–H and O–H groups in total. The van der Waals surface area contributed by atoms with Gasteiger partial charge in [0, 0.05) is 38.8 Å². The molecular weight excluding hydrogens is 320 g/mol. The zero-order valence-corrected chi connectivity index (χ0v) is 16.0. The maximum atomic E-state index is 12.8. The fourth-order valence-electron chi connectivity index (χ4n) is 3.98. The lowest BCUT2D eigenvalue weighted by atomic mass is 10.1. The number of rotatable bonds is 6. The quantitative estimate of drug-likeness (QED) is 0.745. The summed E-state index contributed by atoms with van der Waals surface area (Å²) in [5.74, 6) is -0.536. The van der Waals surface area contributed by atoms with Crippen molar-refractivity contribution in [1.82, 2.24) is 19.6 Å². The van der Waals surface area contributed by atoms with Crippen LogP contribution >= 0.6 is 0 Å². The molecule has 2 fully saturated rings. The zero-order chi connectivity index (χ0) is 18.4. The fraction of sp³-hybridized carbons (Fsp3) is 0.889. The minimum Gasteiger partial charge on any atom is -0.480 e. The molecule has 2 atom stereocenters. The Labute approximate surface area is 151 Å². The first-order chi connectivity index (χ1) is 11.9. The van der Waals surface area contributed by atoms with Crippen LogP contribution in [0, 0.1) is 0 Å². The van der Waals surface area contributed by atoms with Gasteiger partial charge in [-0.15, -0.1) is 0 Å². The van der Waals surface area contributed by atoms with E-state index in [4.69, 9.17) is 5.11 Å². The largest absolute Gasteiger partial charge is 0.480 e. The van der Waals surface area contributed by atoms with E-state index in [9.17, 15) is 9.59 Å². The number of aliphatic carboxylic acids is 1. The minimum absolute atomic E-state index is 0.0842. The van der Waals surface area contributed by atoms with Crippen LogP contribution in [-0.2, 0) is 9.59 Å². The van der Waals surface area contributed by atoms with Crippen molar-refractivity contribution in [2.45, 2.75) is 45.2 Å². The van der Waals surface area contributed by atoms with Gasteiger partial charge in [0.05, 0.1) is 12.6 Å². The lowest BCUT2D eigenvalue weighted by Crippen LogP contribution is -2.54. The first-order valence-corrected chi connectivity index (χ1v) is 9.59. The van der Waals surface area contributed by atoms with Gasteiger partial charge in [0.2, 0.25) is 5.91 Å². The second-order valence-corrected chi connectivity index (χ2v) is 7.37. The molecule has 2 unspecified atom stereocenters. The zero-order valence-electron chi connectivity index (χ0n) is 16.0. The molecule has 0 radical (unpaired) electrons. The van der Waals surface area contributed by atoms with Crippen LogP contribution < -0.4 is 0 Å². The molecular formula is C18H34N4O3. The van der Waals surface area contributed by atoms with Crippen LogP contribution in [0.1, 0.15) is 33.1 Å². The number of piperazine rings is 1. The molecule has 0 spiro atoms. The number of carbonyl (C=O) groups is 2. The molecule has 25 heavy (non-hydrogen) atoms. The molecule has 0 aliphatic carbocycles. The fourth-order valence-corrected chi connectivity index (χ4v) is 3.98. The molecule has 7 heteroatoms. The number of likely N-dealkylation sites (N-methyl/N-ethyl adjacent to an activating group) is 2. The van der Waals surface area contributed by atoms with Crippen LogP contribution in [-0.4, -0.2) is 108 Å². The van der Waals surface area contributed by atoms with Crippen molar-refractivity contribution >= 4 is 11.9 Å². The summed E-state index contributed by atoms with van der Waals surface area (Å²) in [7, 11) is 1.89. The molecule has 2 rings (SSSR count). The van der Waals surface area contributed by atoms with E-state index in [1.807, 2.05) is 23.8 Å². The van der Waals surface area contributed by atoms with E-state index in [-0.39, 0.29) is 24.5 Å². The van der Waals surface area contributed by atoms with Gasteiger partial charge in [0.15, 0.2) is 0 Å². The lowest BCUT2D eigenvalue weighted by Gasteiger charge is -2.37. The Hall–Kier alpha value is -1.18. The van der Waals surface area contributed by atoms with E-state index in [1.54, 1.807) is 0 Å². The molecule has 0 saturated carbocycles. The van der Waals surface area contributed by atoms with Crippen LogP contribution in [0.15, 0.2) is 0 Å². The number of hydrogen-bond donors (Lipinski definition) is 1. The Morgan fingerprint density at radius 1 is 1.12 bits per heavy atom. The first-order valence-electron chi connectivity index (χ1n) is 9.59. The summed E-state index contributed by atoms with van der Waals surface area (Å²) >= 11 is 0. The average molecular weight is 354 g/mol. The van der Waals surface area contributed by atoms with E-state index in [1.165, 1.54) is 0 Å². The van der Waals surface area contributed by atoms with Crippen molar-refractivity contribution in [3.63, 3.8) is 0 Å². The Morgan fingerprint density at radius 2 is 1.80 bits per heavy atom. The second-order valence-electron chi connectivity index (χ2n) is 7.37. The number of nitrogens with zero attached hydrogens (tertiary/aromatic N) is 4. The van der Waals surface area contributed by atoms with E-state index in [0.717, 1.165) is 65.1 Å². The van der Waals surface area contributed by atoms with Crippen molar-refractivity contribution in [1.29, 1.82) is 0 Å². The van der Waals surface area contributed by atoms with Crippen LogP contribution in [0.2, 0.25) is 0 Å². The predicted octanol–water partition coefficient (Wildman–Crippen LogP) is 0.410. The Kier molecular flexibility index (Phi) is 7.65. The molecule has 2 aliphatic heterocycles. The van der Waals surface area contributed by atoms with Crippen molar-refractivity contribution in [2.24, 2.45) is 0 Å². The minimum atomic E-state index is -0.779. The van der Waals surface area contributed by atoms with Gasteiger partial charge in [-0.2, -0.15) is 0 Å². The number of carboxylic acids is 1. The summed E-state index contributed by atoms with van der Waals surface area (Å²) < 4.78 is 0. The van der Waals surface area contributed by atoms with Gasteiger partial charge in [-0.1, -0.05) is 6.92 Å². The Morgan fingerprint density at radius 3 is 2.40 bits per heavy atom. The highest BCUT2D eigenvalue weighted by atomic mass is 16.4. The average Bonchev–Trinajstić information content (AvgIpc) is 2.86. The summed E-state index contributed by atoms with van der Waals surface area (Å²) in [6, 6.07) is 0.202. The predicted molar refractivity (Wildman–Crippen MR) is 97.6 cm³/mol. The molecule has 1 amide bonds. The maximum absolute atomic E-state index is 12.8. The molecule has 0 aromatic rings. The lowest BCUT2D eigenvalue weighted by molar-refractivity contribution is -0.138. The Bertz CT molecular complexity index is 452. The summed E-state index contributed by atoms with van der Waals surface area (Å²) in [6.45, 7) is 10.7. The van der Waals surface area contributed by atoms with Crippen LogP contribution in [0.4, 0.5) is 0 Å². The number of likely N-dealkylation sites (tertiary alicyclic amines) is 1. The van der Waals surface area contributed by atoms with Crippen molar-refractivity contribution in [2.75, 3.05) is 59.4 Å². The van der Waals surface area contributed by atoms with E-state index in [0.29, 0.717) is 0 Å². The third-order valence-corrected chi connectivity index (χ3v) is 5.78. The van der Waals surface area contributed by atoms with Gasteiger partial charge in [-0.05, 0) is 46.3 Å². The topological polar surface area (TPSA) is 67.3 Å². The monoisotopic (exact) mass is 354 g/mol. The van der Waals surface area contributed by atoms with Crippen molar-refractivity contribution < 1.29 is 14.7 Å². The van der Waals surface area contributed by atoms with Gasteiger partial charge in [-0.3, -0.25) is 19.4 Å². The highest BCUT2D eigenvalue weighted by Gasteiger charge is 2.30. The molecule has 0 bridgehead atoms. The molecule has 7 nitrogen and oxygen atoms in total. The summed E-state index contributed by atoms with van der Waals surface area (Å²) in [6.07, 6.45) is 2.93. The number of amides is 1. The van der Waals surface area contributed by atoms with Crippen LogP contribution in [0.3, 0.4) is 0 Å². The number of hydrogen-bond acceptors (Lipinski definition) is 5. The Balaban J connectivity index is 1.84. The third kappa shape index (κ3) is 5.66. The first kappa shape index (κ1) is 20.1. The summed E-state index contributed by atoms with van der Waals surface area (Å²) in [5.41, 5.74) is 0. The summed E-state index contributed by atoms with van der Waals surface area (Å²) in [5, 5.41) is 8.97. The normalized spacial score (nSPS) is 25.0. The highest BCUT2D eigenvalue weighted by Crippen LogP contribution is 2.18. The van der Waals surface area contributed by atoms with Crippen molar-refractivity contribution in [3.05, 3.63) is 0 Å². The molecule has 0 aromatic heterocycles.